The molecule has 2 aromatic rings. The third kappa shape index (κ3) is 2.66. The quantitative estimate of drug-likeness (QED) is 0.883. The van der Waals surface area contributed by atoms with Crippen molar-refractivity contribution in [2.24, 2.45) is 16.6 Å². The number of aliphatic imine (C=N–C) groups is 1. The van der Waals surface area contributed by atoms with Gasteiger partial charge in [-0.1, -0.05) is 30.0 Å². The maximum Gasteiger partial charge on any atom is 0.255 e. The summed E-state index contributed by atoms with van der Waals surface area (Å²) in [6.07, 6.45) is 1.08. The van der Waals surface area contributed by atoms with Gasteiger partial charge in [0.25, 0.3) is 5.88 Å². The van der Waals surface area contributed by atoms with Crippen molar-refractivity contribution in [2.75, 3.05) is 31.6 Å². The van der Waals surface area contributed by atoms with Gasteiger partial charge in [0.05, 0.1) is 18.1 Å². The van der Waals surface area contributed by atoms with E-state index in [-0.39, 0.29) is 17.6 Å². The smallest absolute Gasteiger partial charge is 0.255 e. The molecule has 2 atom stereocenters. The molecule has 136 valence electrons. The summed E-state index contributed by atoms with van der Waals surface area (Å²) in [4.78, 5) is 14.5. The maximum absolute atomic E-state index is 14.6. The van der Waals surface area contributed by atoms with Crippen molar-refractivity contribution in [3.05, 3.63) is 47.7 Å². The molecular weight excluding hydrogens is 360 g/mol. The van der Waals surface area contributed by atoms with E-state index >= 15 is 0 Å². The number of ether oxygens (including phenoxy) is 1. The van der Waals surface area contributed by atoms with Gasteiger partial charge in [0.2, 0.25) is 11.8 Å². The van der Waals surface area contributed by atoms with Gasteiger partial charge in [0, 0.05) is 31.1 Å². The molecule has 3 heterocycles. The summed E-state index contributed by atoms with van der Waals surface area (Å²) in [5.74, 6) is -0.657. The van der Waals surface area contributed by atoms with Crippen LogP contribution >= 0.6 is 11.8 Å². The second-order valence-electron chi connectivity index (χ2n) is 6.25. The Bertz CT molecular complexity index is 880. The SMILES string of the molecule is COc1nc(N2C[C@@H]3CN=C(N)S[C@@]3(c3ccccc3F)C2)ncc1F. The molecule has 1 aromatic carbocycles. The van der Waals surface area contributed by atoms with Gasteiger partial charge in [-0.05, 0) is 6.07 Å². The van der Waals surface area contributed by atoms with Gasteiger partial charge < -0.3 is 15.4 Å². The van der Waals surface area contributed by atoms with Crippen LogP contribution in [0.3, 0.4) is 0 Å². The Morgan fingerprint density at radius 1 is 1.31 bits per heavy atom. The van der Waals surface area contributed by atoms with E-state index < -0.39 is 10.6 Å². The van der Waals surface area contributed by atoms with Crippen LogP contribution in [0.2, 0.25) is 0 Å². The van der Waals surface area contributed by atoms with Crippen molar-refractivity contribution >= 4 is 22.9 Å². The minimum absolute atomic E-state index is 0.0244. The van der Waals surface area contributed by atoms with Crippen LogP contribution in [-0.4, -0.2) is 41.9 Å². The highest BCUT2D eigenvalue weighted by Crippen LogP contribution is 2.51. The average Bonchev–Trinajstić information content (AvgIpc) is 3.02. The molecule has 0 spiro atoms. The lowest BCUT2D eigenvalue weighted by Gasteiger charge is -2.36. The van der Waals surface area contributed by atoms with Crippen LogP contribution in [0.15, 0.2) is 35.5 Å². The molecule has 0 aliphatic carbocycles. The maximum atomic E-state index is 14.6. The molecule has 2 N–H and O–H groups in total. The van der Waals surface area contributed by atoms with Crippen molar-refractivity contribution < 1.29 is 13.5 Å². The van der Waals surface area contributed by atoms with Crippen LogP contribution in [-0.2, 0) is 4.75 Å². The number of rotatable bonds is 3. The zero-order valence-corrected chi connectivity index (χ0v) is 14.8. The lowest BCUT2D eigenvalue weighted by molar-refractivity contribution is 0.367. The Balaban J connectivity index is 1.75. The van der Waals surface area contributed by atoms with Crippen LogP contribution in [0.25, 0.3) is 0 Å². The van der Waals surface area contributed by atoms with Crippen molar-refractivity contribution in [1.82, 2.24) is 9.97 Å². The number of hydrogen-bond acceptors (Lipinski definition) is 7. The molecule has 0 saturated carbocycles. The summed E-state index contributed by atoms with van der Waals surface area (Å²) in [6.45, 7) is 1.49. The Hall–Kier alpha value is -2.42. The lowest BCUT2D eigenvalue weighted by atomic mass is 9.87. The molecule has 6 nitrogen and oxygen atoms in total. The summed E-state index contributed by atoms with van der Waals surface area (Å²) in [7, 11) is 1.35. The fourth-order valence-electron chi connectivity index (χ4n) is 3.59. The third-order valence-corrected chi connectivity index (χ3v) is 6.17. The molecule has 4 rings (SSSR count). The van der Waals surface area contributed by atoms with E-state index in [1.165, 1.54) is 24.9 Å². The Labute approximate surface area is 153 Å². The zero-order valence-electron chi connectivity index (χ0n) is 14.0. The fraction of sp³-hybridized carbons (Fsp3) is 0.353. The van der Waals surface area contributed by atoms with E-state index in [2.05, 4.69) is 15.0 Å². The second kappa shape index (κ2) is 6.39. The molecule has 26 heavy (non-hydrogen) atoms. The van der Waals surface area contributed by atoms with E-state index in [1.807, 2.05) is 11.0 Å². The third-order valence-electron chi connectivity index (χ3n) is 4.79. The van der Waals surface area contributed by atoms with Crippen LogP contribution < -0.4 is 15.4 Å². The molecule has 1 fully saturated rings. The molecule has 0 unspecified atom stereocenters. The van der Waals surface area contributed by atoms with Gasteiger partial charge in [-0.2, -0.15) is 9.37 Å². The van der Waals surface area contributed by atoms with Crippen LogP contribution in [0, 0.1) is 17.6 Å². The van der Waals surface area contributed by atoms with Gasteiger partial charge in [-0.3, -0.25) is 4.99 Å². The summed E-state index contributed by atoms with van der Waals surface area (Å²) in [6, 6.07) is 6.70. The van der Waals surface area contributed by atoms with Crippen molar-refractivity contribution in [3.8, 4) is 5.88 Å². The largest absolute Gasteiger partial charge is 0.479 e. The summed E-state index contributed by atoms with van der Waals surface area (Å²) >= 11 is 1.37. The highest BCUT2D eigenvalue weighted by molar-refractivity contribution is 8.14. The number of fused-ring (bicyclic) bond motifs is 1. The number of aromatic nitrogens is 2. The predicted molar refractivity (Wildman–Crippen MR) is 96.4 cm³/mol. The number of methoxy groups -OCH3 is 1. The highest BCUT2D eigenvalue weighted by atomic mass is 32.2. The molecule has 0 bridgehead atoms. The van der Waals surface area contributed by atoms with Crippen LogP contribution in [0.4, 0.5) is 14.7 Å². The average molecular weight is 377 g/mol. The molecule has 2 aliphatic rings. The van der Waals surface area contributed by atoms with Crippen LogP contribution in [0.5, 0.6) is 5.88 Å². The Kier molecular flexibility index (Phi) is 4.18. The van der Waals surface area contributed by atoms with Gasteiger partial charge in [-0.25, -0.2) is 9.37 Å². The molecule has 2 aliphatic heterocycles. The minimum Gasteiger partial charge on any atom is -0.479 e. The number of anilines is 1. The number of benzene rings is 1. The molecule has 1 saturated heterocycles. The molecular formula is C17H17F2N5OS. The van der Waals surface area contributed by atoms with Gasteiger partial charge >= 0.3 is 0 Å². The monoisotopic (exact) mass is 377 g/mol. The summed E-state index contributed by atoms with van der Waals surface area (Å²) in [5.41, 5.74) is 6.57. The number of halogens is 2. The van der Waals surface area contributed by atoms with Gasteiger partial charge in [0.1, 0.15) is 5.82 Å². The first kappa shape index (κ1) is 17.0. The first-order valence-corrected chi connectivity index (χ1v) is 8.90. The number of nitrogens with two attached hydrogens (primary N) is 1. The first-order chi connectivity index (χ1) is 12.5. The van der Waals surface area contributed by atoms with Crippen molar-refractivity contribution in [3.63, 3.8) is 0 Å². The number of thioether (sulfide) groups is 1. The number of nitrogens with zero attached hydrogens (tertiary/aromatic N) is 4. The van der Waals surface area contributed by atoms with E-state index in [0.29, 0.717) is 36.3 Å². The van der Waals surface area contributed by atoms with E-state index in [4.69, 9.17) is 10.5 Å². The highest BCUT2D eigenvalue weighted by Gasteiger charge is 2.52. The van der Waals surface area contributed by atoms with Crippen molar-refractivity contribution in [1.29, 1.82) is 0 Å². The number of amidine groups is 1. The minimum atomic E-state index is -0.626. The normalized spacial score (nSPS) is 25.0. The van der Waals surface area contributed by atoms with E-state index in [9.17, 15) is 8.78 Å². The summed E-state index contributed by atoms with van der Waals surface area (Å²) in [5, 5.41) is 0.434. The van der Waals surface area contributed by atoms with E-state index in [1.54, 1.807) is 12.1 Å². The van der Waals surface area contributed by atoms with E-state index in [0.717, 1.165) is 6.20 Å². The second-order valence-corrected chi connectivity index (χ2v) is 7.61. The number of hydrogen-bond donors (Lipinski definition) is 1. The van der Waals surface area contributed by atoms with Gasteiger partial charge in [-0.15, -0.1) is 0 Å². The summed E-state index contributed by atoms with van der Waals surface area (Å²) < 4.78 is 32.6. The van der Waals surface area contributed by atoms with Crippen LogP contribution in [0.1, 0.15) is 5.56 Å². The fourth-order valence-corrected chi connectivity index (χ4v) is 4.91. The van der Waals surface area contributed by atoms with Gasteiger partial charge in [0.15, 0.2) is 5.17 Å². The molecule has 0 radical (unpaired) electrons. The standard InChI is InChI=1S/C17H17F2N5OS/c1-25-14-13(19)7-22-16(23-14)24-8-10-6-21-15(20)26-17(10,9-24)11-4-2-3-5-12(11)18/h2-5,7,10H,6,8-9H2,1H3,(H2,20,21)/t10-,17-/m0/s1. The lowest BCUT2D eigenvalue weighted by Crippen LogP contribution is -2.40. The molecule has 9 heteroatoms. The Morgan fingerprint density at radius 3 is 2.88 bits per heavy atom. The predicted octanol–water partition coefficient (Wildman–Crippen LogP) is 2.16. The van der Waals surface area contributed by atoms with Crippen molar-refractivity contribution in [2.45, 2.75) is 4.75 Å². The zero-order chi connectivity index (χ0) is 18.3. The first-order valence-electron chi connectivity index (χ1n) is 8.09. The molecule has 0 amide bonds. The Morgan fingerprint density at radius 2 is 2.12 bits per heavy atom. The topological polar surface area (TPSA) is 76.6 Å². The molecule has 1 aromatic heterocycles.